The lowest BCUT2D eigenvalue weighted by atomic mass is 10.1. The minimum Gasteiger partial charge on any atom is -0.478 e. The lowest BCUT2D eigenvalue weighted by Gasteiger charge is -2.04. The third-order valence-corrected chi connectivity index (χ3v) is 10.4. The van der Waals surface area contributed by atoms with Gasteiger partial charge in [0.1, 0.15) is 0 Å². The number of nitrogens with zero attached hydrogens (tertiary/aromatic N) is 4. The van der Waals surface area contributed by atoms with E-state index in [1.165, 1.54) is 21.5 Å². The highest BCUT2D eigenvalue weighted by molar-refractivity contribution is 6.07. The second-order valence-corrected chi connectivity index (χ2v) is 14.5. The van der Waals surface area contributed by atoms with Gasteiger partial charge < -0.3 is 10.2 Å². The molecule has 0 bridgehead atoms. The van der Waals surface area contributed by atoms with Crippen molar-refractivity contribution in [2.75, 3.05) is 0 Å². The first-order chi connectivity index (χ1) is 30.4. The lowest BCUT2D eigenvalue weighted by Crippen LogP contribution is -1.97. The molecule has 0 aliphatic rings. The van der Waals surface area contributed by atoms with E-state index >= 15 is 0 Å². The third-order valence-electron chi connectivity index (χ3n) is 10.4. The van der Waals surface area contributed by atoms with Crippen molar-refractivity contribution in [3.05, 3.63) is 217 Å². The number of aromatic nitrogens is 4. The molecule has 0 atom stereocenters. The van der Waals surface area contributed by atoms with Crippen LogP contribution < -0.4 is 0 Å². The maximum Gasteiger partial charge on any atom is 0.336 e. The maximum atomic E-state index is 11.1. The Labute approximate surface area is 355 Å². The maximum absolute atomic E-state index is 11.1. The molecule has 0 fully saturated rings. The quantitative estimate of drug-likeness (QED) is 0.165. The summed E-state index contributed by atoms with van der Waals surface area (Å²) >= 11 is 0. The van der Waals surface area contributed by atoms with Gasteiger partial charge in [0.05, 0.1) is 55.3 Å². The largest absolute Gasteiger partial charge is 0.478 e. The first kappa shape index (κ1) is 38.9. The fraction of sp³-hybridized carbons (Fsp3) is 0. The van der Waals surface area contributed by atoms with Crippen molar-refractivity contribution in [1.82, 2.24) is 19.9 Å². The van der Waals surface area contributed by atoms with E-state index in [1.54, 1.807) is 24.3 Å². The monoisotopic (exact) mass is 804 g/mol. The van der Waals surface area contributed by atoms with Gasteiger partial charge in [-0.25, -0.2) is 29.5 Å². The Morgan fingerprint density at radius 2 is 0.500 bits per heavy atom. The summed E-state index contributed by atoms with van der Waals surface area (Å²) in [6.45, 7) is 0. The molecule has 8 heteroatoms. The second-order valence-electron chi connectivity index (χ2n) is 14.5. The number of carbonyl (C=O) groups is 2. The summed E-state index contributed by atoms with van der Waals surface area (Å²) in [6, 6.07) is 66.5. The molecule has 12 aromatic rings. The van der Waals surface area contributed by atoms with Gasteiger partial charge in [0.2, 0.25) is 0 Å². The molecule has 4 heterocycles. The van der Waals surface area contributed by atoms with Crippen LogP contribution in [0.4, 0.5) is 0 Å². The molecule has 62 heavy (non-hydrogen) atoms. The van der Waals surface area contributed by atoms with Gasteiger partial charge in [-0.2, -0.15) is 0 Å². The molecule has 8 nitrogen and oxygen atoms in total. The Balaban J connectivity index is 0.000000106. The number of carboxylic acid groups (broad SMARTS) is 2. The highest BCUT2D eigenvalue weighted by atomic mass is 16.4. The van der Waals surface area contributed by atoms with Gasteiger partial charge in [0, 0.05) is 43.1 Å². The van der Waals surface area contributed by atoms with Gasteiger partial charge in [-0.15, -0.1) is 0 Å². The van der Waals surface area contributed by atoms with Crippen LogP contribution in [0.2, 0.25) is 0 Å². The van der Waals surface area contributed by atoms with E-state index in [9.17, 15) is 9.59 Å². The van der Waals surface area contributed by atoms with Gasteiger partial charge in [0.15, 0.2) is 0 Å². The molecule has 8 aromatic carbocycles. The molecule has 12 rings (SSSR count). The average molecular weight is 805 g/mol. The Morgan fingerprint density at radius 1 is 0.274 bits per heavy atom. The van der Waals surface area contributed by atoms with Crippen molar-refractivity contribution in [3.63, 3.8) is 0 Å². The van der Waals surface area contributed by atoms with Crippen molar-refractivity contribution < 1.29 is 19.8 Å². The van der Waals surface area contributed by atoms with E-state index in [0.29, 0.717) is 32.9 Å². The van der Waals surface area contributed by atoms with E-state index in [4.69, 9.17) is 10.2 Å². The Kier molecular flexibility index (Phi) is 10.9. The summed E-state index contributed by atoms with van der Waals surface area (Å²) in [4.78, 5) is 40.3. The van der Waals surface area contributed by atoms with E-state index < -0.39 is 11.9 Å². The number of hydrogen-bond acceptors (Lipinski definition) is 6. The van der Waals surface area contributed by atoms with E-state index in [2.05, 4.69) is 56.3 Å². The molecule has 0 saturated carbocycles. The summed E-state index contributed by atoms with van der Waals surface area (Å²) in [6.07, 6.45) is 0. The minimum atomic E-state index is -0.923. The third kappa shape index (κ3) is 8.30. The zero-order valence-corrected chi connectivity index (χ0v) is 33.1. The first-order valence-corrected chi connectivity index (χ1v) is 19.9. The number of benzene rings is 8. The Morgan fingerprint density at radius 3 is 0.774 bits per heavy atom. The van der Waals surface area contributed by atoms with E-state index in [1.807, 2.05) is 146 Å². The van der Waals surface area contributed by atoms with Crippen molar-refractivity contribution in [2.24, 2.45) is 0 Å². The summed E-state index contributed by atoms with van der Waals surface area (Å²) in [7, 11) is 0. The number of pyridine rings is 4. The number of aromatic carboxylic acids is 2. The Bertz CT molecular complexity index is 3180. The number of para-hydroxylation sites is 6. The average Bonchev–Trinajstić information content (AvgIpc) is 3.31. The summed E-state index contributed by atoms with van der Waals surface area (Å²) in [5.74, 6) is -1.85. The molecular formula is C54H36N4O4. The van der Waals surface area contributed by atoms with Gasteiger partial charge in [-0.05, 0) is 84.9 Å². The molecule has 4 aromatic heterocycles. The summed E-state index contributed by atoms with van der Waals surface area (Å²) in [5.41, 5.74) is 8.01. The van der Waals surface area contributed by atoms with E-state index in [0.717, 1.165) is 43.9 Å². The highest BCUT2D eigenvalue weighted by Gasteiger charge is 2.11. The predicted molar refractivity (Wildman–Crippen MR) is 251 cm³/mol. The van der Waals surface area contributed by atoms with Crippen molar-refractivity contribution in [2.45, 2.75) is 0 Å². The minimum absolute atomic E-state index is 0.292. The molecule has 0 unspecified atom stereocenters. The molecular weight excluding hydrogens is 769 g/mol. The molecule has 0 aliphatic carbocycles. The van der Waals surface area contributed by atoms with Gasteiger partial charge in [0.25, 0.3) is 0 Å². The molecule has 0 spiro atoms. The smallest absolute Gasteiger partial charge is 0.336 e. The summed E-state index contributed by atoms with van der Waals surface area (Å²) in [5, 5.41) is 26.3. The number of hydrogen-bond donors (Lipinski definition) is 2. The topological polar surface area (TPSA) is 126 Å². The molecule has 296 valence electrons. The van der Waals surface area contributed by atoms with Crippen LogP contribution in [0.5, 0.6) is 0 Å². The van der Waals surface area contributed by atoms with Crippen LogP contribution >= 0.6 is 0 Å². The van der Waals surface area contributed by atoms with Crippen molar-refractivity contribution in [1.29, 1.82) is 0 Å². The molecule has 2 N–H and O–H groups in total. The van der Waals surface area contributed by atoms with Gasteiger partial charge in [-0.1, -0.05) is 121 Å². The SMILES string of the molecule is O=C(O)c1cccc2nc3ccccc3cc12.O=C(O)c1cccc2nc3ccccc3cc12.c1ccc2nc3ccccc3cc2c1.c1ccc2nc3ccccc3cc2c1. The van der Waals surface area contributed by atoms with Crippen LogP contribution in [0.3, 0.4) is 0 Å². The van der Waals surface area contributed by atoms with Crippen LogP contribution in [0.1, 0.15) is 20.7 Å². The Hall–Kier alpha value is -8.62. The molecule has 0 amide bonds. The standard InChI is InChI=1S/2C14H9NO2.2C13H9N/c2*16-14(17)10-5-3-7-13-11(10)8-9-4-1-2-6-12(9)15-13;2*1-3-7-12-10(5-1)9-11-6-2-4-8-13(11)14-12/h2*1-8H,(H,16,17);2*1-9H. The molecule has 0 aliphatic heterocycles. The van der Waals surface area contributed by atoms with Crippen LogP contribution in [-0.4, -0.2) is 42.1 Å². The van der Waals surface area contributed by atoms with Gasteiger partial charge >= 0.3 is 11.9 Å². The van der Waals surface area contributed by atoms with Crippen molar-refractivity contribution in [3.8, 4) is 0 Å². The van der Waals surface area contributed by atoms with E-state index in [-0.39, 0.29) is 0 Å². The lowest BCUT2D eigenvalue weighted by molar-refractivity contribution is 0.0688. The number of fused-ring (bicyclic) bond motifs is 8. The summed E-state index contributed by atoms with van der Waals surface area (Å²) < 4.78 is 0. The zero-order chi connectivity index (χ0) is 42.4. The van der Waals surface area contributed by atoms with Gasteiger partial charge in [-0.3, -0.25) is 0 Å². The fourth-order valence-corrected chi connectivity index (χ4v) is 7.41. The highest BCUT2D eigenvalue weighted by Crippen LogP contribution is 2.25. The van der Waals surface area contributed by atoms with Crippen LogP contribution in [0.15, 0.2) is 206 Å². The van der Waals surface area contributed by atoms with Crippen LogP contribution in [0, 0.1) is 0 Å². The molecule has 0 radical (unpaired) electrons. The zero-order valence-electron chi connectivity index (χ0n) is 33.1. The predicted octanol–water partition coefficient (Wildman–Crippen LogP) is 12.9. The first-order valence-electron chi connectivity index (χ1n) is 19.9. The normalized spacial score (nSPS) is 10.8. The number of carboxylic acids is 2. The second kappa shape index (κ2) is 17.3. The fourth-order valence-electron chi connectivity index (χ4n) is 7.41. The number of rotatable bonds is 2. The molecule has 0 saturated heterocycles. The van der Waals surface area contributed by atoms with Crippen LogP contribution in [0.25, 0.3) is 87.2 Å². The van der Waals surface area contributed by atoms with Crippen molar-refractivity contribution >= 4 is 99.2 Å². The van der Waals surface area contributed by atoms with Crippen LogP contribution in [-0.2, 0) is 0 Å².